The average molecular weight is 595 g/mol. The number of aromatic nitrogens is 3. The van der Waals surface area contributed by atoms with Crippen LogP contribution in [-0.2, 0) is 16.1 Å². The summed E-state index contributed by atoms with van der Waals surface area (Å²) in [4.78, 5) is 32.1. The largest absolute Gasteiger partial charge is 0.456 e. The molecule has 0 fully saturated rings. The van der Waals surface area contributed by atoms with Gasteiger partial charge in [-0.15, -0.1) is 21.5 Å². The van der Waals surface area contributed by atoms with Crippen LogP contribution in [-0.4, -0.2) is 32.2 Å². The van der Waals surface area contributed by atoms with Gasteiger partial charge in [-0.3, -0.25) is 19.1 Å². The lowest BCUT2D eigenvalue weighted by Gasteiger charge is -2.17. The van der Waals surface area contributed by atoms with Crippen molar-refractivity contribution in [2.45, 2.75) is 39.3 Å². The summed E-state index contributed by atoms with van der Waals surface area (Å²) in [6.07, 6.45) is -0.529. The van der Waals surface area contributed by atoms with E-state index < -0.39 is 12.0 Å². The molecule has 0 spiro atoms. The van der Waals surface area contributed by atoms with E-state index in [0.717, 1.165) is 38.4 Å². The molecule has 0 aliphatic carbocycles. The Morgan fingerprint density at radius 1 is 0.905 bits per heavy atom. The lowest BCUT2D eigenvalue weighted by Crippen LogP contribution is -2.15. The number of rotatable bonds is 7. The van der Waals surface area contributed by atoms with E-state index in [2.05, 4.69) is 10.2 Å². The second kappa shape index (κ2) is 11.5. The summed E-state index contributed by atoms with van der Waals surface area (Å²) in [7, 11) is 0. The summed E-state index contributed by atoms with van der Waals surface area (Å²) < 4.78 is 7.99. The van der Waals surface area contributed by atoms with E-state index in [1.54, 1.807) is 37.3 Å². The molecule has 3 heterocycles. The molecule has 7 nitrogen and oxygen atoms in total. The Hall–Kier alpha value is -4.40. The van der Waals surface area contributed by atoms with Gasteiger partial charge in [0.2, 0.25) is 0 Å². The molecule has 6 rings (SSSR count). The number of nitrogens with zero attached hydrogens (tertiary/aromatic N) is 4. The van der Waals surface area contributed by atoms with Crippen molar-refractivity contribution in [2.75, 3.05) is 0 Å². The molecule has 0 amide bonds. The molecule has 2 unspecified atom stereocenters. The fourth-order valence-corrected chi connectivity index (χ4v) is 6.44. The molecule has 0 N–H and O–H groups in total. The molecule has 1 aliphatic heterocycles. The zero-order chi connectivity index (χ0) is 29.4. The molecule has 0 bridgehead atoms. The molecule has 0 radical (unpaired) electrons. The number of ether oxygens (including phenoxy) is 1. The number of ketones is 1. The molecule has 2 atom stereocenters. The van der Waals surface area contributed by atoms with Crippen molar-refractivity contribution in [1.82, 2.24) is 14.8 Å². The minimum Gasteiger partial charge on any atom is -0.456 e. The molecule has 2 aromatic heterocycles. The van der Waals surface area contributed by atoms with E-state index in [-0.39, 0.29) is 11.8 Å². The molecule has 210 valence electrons. The standard InChI is InChI=1S/C33H27ClN4O3S/c1-19(23-12-9-13-24(16-23)31(39)22-10-5-4-6-11-22)33(40)41-20(2)28-17-26-30(25-14-7-8-15-27(25)34)35-18-29-37-36-21(3)38(29)32(26)42-28/h4-17,19-20H,18H2,1-3H3. The number of carbonyl (C=O) groups excluding carboxylic acids is 2. The van der Waals surface area contributed by atoms with Crippen LogP contribution in [0.1, 0.15) is 75.0 Å². The lowest BCUT2D eigenvalue weighted by molar-refractivity contribution is -0.149. The third-order valence-electron chi connectivity index (χ3n) is 7.32. The van der Waals surface area contributed by atoms with Crippen LogP contribution in [0.5, 0.6) is 0 Å². The predicted molar refractivity (Wildman–Crippen MR) is 164 cm³/mol. The van der Waals surface area contributed by atoms with E-state index in [0.29, 0.717) is 28.3 Å². The second-order valence-corrected chi connectivity index (χ2v) is 11.6. The van der Waals surface area contributed by atoms with E-state index in [9.17, 15) is 9.59 Å². The van der Waals surface area contributed by atoms with Crippen molar-refractivity contribution in [1.29, 1.82) is 0 Å². The number of halogens is 1. The smallest absolute Gasteiger partial charge is 0.313 e. The predicted octanol–water partition coefficient (Wildman–Crippen LogP) is 7.28. The van der Waals surface area contributed by atoms with Crippen molar-refractivity contribution in [3.05, 3.63) is 134 Å². The number of carbonyl (C=O) groups is 2. The summed E-state index contributed by atoms with van der Waals surface area (Å²) in [5.41, 5.74) is 4.31. The number of thiophene rings is 1. The first-order chi connectivity index (χ1) is 20.3. The summed E-state index contributed by atoms with van der Waals surface area (Å²) in [5.74, 6) is 0.439. The fourth-order valence-electron chi connectivity index (χ4n) is 5.00. The fraction of sp³-hybridized carbons (Fsp3) is 0.182. The first kappa shape index (κ1) is 27.8. The van der Waals surface area contributed by atoms with Crippen LogP contribution in [0.25, 0.3) is 5.00 Å². The van der Waals surface area contributed by atoms with E-state index >= 15 is 0 Å². The van der Waals surface area contributed by atoms with Crippen molar-refractivity contribution >= 4 is 40.4 Å². The van der Waals surface area contributed by atoms with Gasteiger partial charge in [0, 0.05) is 32.2 Å². The number of hydrogen-bond donors (Lipinski definition) is 0. The van der Waals surface area contributed by atoms with Gasteiger partial charge in [-0.05, 0) is 44.5 Å². The second-order valence-electron chi connectivity index (χ2n) is 10.1. The Kier molecular flexibility index (Phi) is 7.58. The van der Waals surface area contributed by atoms with Gasteiger partial charge in [-0.2, -0.15) is 0 Å². The highest BCUT2D eigenvalue weighted by atomic mass is 35.5. The highest BCUT2D eigenvalue weighted by molar-refractivity contribution is 7.15. The van der Waals surface area contributed by atoms with Crippen molar-refractivity contribution < 1.29 is 14.3 Å². The lowest BCUT2D eigenvalue weighted by atomic mass is 9.96. The quantitative estimate of drug-likeness (QED) is 0.146. The molecule has 0 saturated carbocycles. The number of esters is 1. The van der Waals surface area contributed by atoms with Crippen LogP contribution < -0.4 is 0 Å². The van der Waals surface area contributed by atoms with Gasteiger partial charge in [-0.25, -0.2) is 0 Å². The monoisotopic (exact) mass is 594 g/mol. The Labute approximate surface area is 252 Å². The average Bonchev–Trinajstić information content (AvgIpc) is 3.57. The van der Waals surface area contributed by atoms with Gasteiger partial charge in [-0.1, -0.05) is 78.3 Å². The number of hydrogen-bond acceptors (Lipinski definition) is 7. The van der Waals surface area contributed by atoms with Crippen LogP contribution in [0, 0.1) is 6.92 Å². The van der Waals surface area contributed by atoms with E-state index in [1.807, 2.05) is 73.0 Å². The first-order valence-electron chi connectivity index (χ1n) is 13.6. The molecule has 3 aromatic carbocycles. The van der Waals surface area contributed by atoms with Crippen LogP contribution in [0.15, 0.2) is 89.9 Å². The highest BCUT2D eigenvalue weighted by Gasteiger charge is 2.28. The first-order valence-corrected chi connectivity index (χ1v) is 14.8. The normalized spacial score (nSPS) is 13.8. The van der Waals surface area contributed by atoms with Crippen LogP contribution in [0.4, 0.5) is 0 Å². The highest BCUT2D eigenvalue weighted by Crippen LogP contribution is 2.38. The Morgan fingerprint density at radius 2 is 1.64 bits per heavy atom. The van der Waals surface area contributed by atoms with E-state index in [1.165, 1.54) is 11.3 Å². The molecular weight excluding hydrogens is 568 g/mol. The van der Waals surface area contributed by atoms with Crippen LogP contribution >= 0.6 is 22.9 Å². The molecule has 9 heteroatoms. The number of aliphatic imine (C=N–C) groups is 1. The summed E-state index contributed by atoms with van der Waals surface area (Å²) in [6.45, 7) is 5.92. The topological polar surface area (TPSA) is 86.4 Å². The van der Waals surface area contributed by atoms with E-state index in [4.69, 9.17) is 21.3 Å². The van der Waals surface area contributed by atoms with Gasteiger partial charge in [0.05, 0.1) is 11.6 Å². The molecule has 42 heavy (non-hydrogen) atoms. The van der Waals surface area contributed by atoms with Crippen LogP contribution in [0.2, 0.25) is 5.02 Å². The summed E-state index contributed by atoms with van der Waals surface area (Å²) >= 11 is 8.10. The van der Waals surface area contributed by atoms with Gasteiger partial charge in [0.1, 0.15) is 23.5 Å². The zero-order valence-electron chi connectivity index (χ0n) is 23.2. The minimum atomic E-state index is -0.569. The van der Waals surface area contributed by atoms with Crippen LogP contribution in [0.3, 0.4) is 0 Å². The van der Waals surface area contributed by atoms with Gasteiger partial charge >= 0.3 is 5.97 Å². The molecule has 0 saturated heterocycles. The Morgan fingerprint density at radius 3 is 2.43 bits per heavy atom. The van der Waals surface area contributed by atoms with Gasteiger partial charge < -0.3 is 4.74 Å². The Balaban J connectivity index is 1.27. The molecular formula is C33H27ClN4O3S. The van der Waals surface area contributed by atoms with Crippen molar-refractivity contribution in [3.8, 4) is 5.00 Å². The maximum atomic E-state index is 13.3. The third-order valence-corrected chi connectivity index (χ3v) is 8.93. The number of fused-ring (bicyclic) bond motifs is 3. The number of aryl methyl sites for hydroxylation is 1. The van der Waals surface area contributed by atoms with Gasteiger partial charge in [0.15, 0.2) is 11.6 Å². The number of benzene rings is 3. The SMILES string of the molecule is Cc1nnc2n1-c1sc(C(C)OC(=O)C(C)c3cccc(C(=O)c4ccccc4)c3)cc1C(c1ccccc1Cl)=NC2. The van der Waals surface area contributed by atoms with Crippen molar-refractivity contribution in [2.24, 2.45) is 4.99 Å². The minimum absolute atomic E-state index is 0.0916. The Bertz CT molecular complexity index is 1840. The molecule has 1 aliphatic rings. The van der Waals surface area contributed by atoms with Gasteiger partial charge in [0.25, 0.3) is 0 Å². The molecule has 5 aromatic rings. The maximum absolute atomic E-state index is 13.3. The summed E-state index contributed by atoms with van der Waals surface area (Å²) in [5, 5.41) is 10.1. The third kappa shape index (κ3) is 5.19. The van der Waals surface area contributed by atoms with Crippen molar-refractivity contribution in [3.63, 3.8) is 0 Å². The summed E-state index contributed by atoms with van der Waals surface area (Å²) in [6, 6.07) is 25.9. The maximum Gasteiger partial charge on any atom is 0.313 e. The zero-order valence-corrected chi connectivity index (χ0v) is 24.8.